The molecule has 0 spiro atoms. The maximum Gasteiger partial charge on any atom is 0.177 e. The van der Waals surface area contributed by atoms with Gasteiger partial charge in [-0.15, -0.1) is 0 Å². The fourth-order valence-electron chi connectivity index (χ4n) is 5.95. The number of carbonyl (C=O) groups is 1. The normalized spacial score (nSPS) is 34.0. The highest BCUT2D eigenvalue weighted by Crippen LogP contribution is 2.59. The average Bonchev–Trinajstić information content (AvgIpc) is 2.51. The van der Waals surface area contributed by atoms with E-state index in [2.05, 4.69) is 0 Å². The van der Waals surface area contributed by atoms with Crippen LogP contribution in [0.3, 0.4) is 0 Å². The number of rotatable bonds is 5. The molecule has 0 aromatic heterocycles. The van der Waals surface area contributed by atoms with Gasteiger partial charge < -0.3 is 5.11 Å². The van der Waals surface area contributed by atoms with Gasteiger partial charge in [0.15, 0.2) is 15.6 Å². The van der Waals surface area contributed by atoms with Gasteiger partial charge in [0.1, 0.15) is 5.75 Å². The first-order valence-corrected chi connectivity index (χ1v) is 11.8. The van der Waals surface area contributed by atoms with Crippen molar-refractivity contribution >= 4 is 27.2 Å². The van der Waals surface area contributed by atoms with Gasteiger partial charge in [0.05, 0.1) is 6.10 Å². The zero-order valence-corrected chi connectivity index (χ0v) is 16.5. The number of aliphatic hydroxyl groups is 1. The number of benzene rings is 1. The van der Waals surface area contributed by atoms with Gasteiger partial charge in [-0.3, -0.25) is 4.79 Å². The van der Waals surface area contributed by atoms with E-state index in [1.54, 1.807) is 12.1 Å². The molecule has 4 aliphatic rings. The predicted octanol–water partition coefficient (Wildman–Crippen LogP) is 3.67. The van der Waals surface area contributed by atoms with Crippen LogP contribution in [0.25, 0.3) is 0 Å². The van der Waals surface area contributed by atoms with Crippen LogP contribution in [0.1, 0.15) is 54.1 Å². The fourth-order valence-corrected chi connectivity index (χ4v) is 6.89. The number of halogens is 1. The van der Waals surface area contributed by atoms with Crippen LogP contribution in [0.2, 0.25) is 5.02 Å². The Balaban J connectivity index is 1.55. The molecule has 142 valence electrons. The smallest absolute Gasteiger partial charge is 0.177 e. The predicted molar refractivity (Wildman–Crippen MR) is 101 cm³/mol. The number of hydrogen-bond donors (Lipinski definition) is 1. The Morgan fingerprint density at radius 2 is 1.73 bits per heavy atom. The number of aliphatic hydroxyl groups excluding tert-OH is 1. The lowest BCUT2D eigenvalue weighted by atomic mass is 9.50. The van der Waals surface area contributed by atoms with E-state index in [9.17, 15) is 18.3 Å². The second kappa shape index (κ2) is 6.61. The molecule has 1 unspecified atom stereocenters. The summed E-state index contributed by atoms with van der Waals surface area (Å²) in [7, 11) is -3.38. The van der Waals surface area contributed by atoms with Crippen LogP contribution in [0.15, 0.2) is 18.2 Å². The number of hydrogen-bond acceptors (Lipinski definition) is 4. The van der Waals surface area contributed by atoms with Crippen molar-refractivity contribution in [3.8, 4) is 0 Å². The monoisotopic (exact) mass is 396 g/mol. The molecule has 1 N–H and O–H groups in total. The molecule has 0 heterocycles. The van der Waals surface area contributed by atoms with Crippen LogP contribution in [0.4, 0.5) is 0 Å². The minimum atomic E-state index is -3.38. The van der Waals surface area contributed by atoms with Crippen LogP contribution in [-0.2, 0) is 9.84 Å². The molecular weight excluding hydrogens is 372 g/mol. The number of carbonyl (C=O) groups excluding carboxylic acids is 1. The summed E-state index contributed by atoms with van der Waals surface area (Å²) in [6, 6.07) is 4.80. The van der Waals surface area contributed by atoms with Crippen molar-refractivity contribution in [2.24, 2.45) is 29.6 Å². The van der Waals surface area contributed by atoms with Gasteiger partial charge in [-0.25, -0.2) is 8.42 Å². The highest BCUT2D eigenvalue weighted by molar-refractivity contribution is 7.91. The Hall–Kier alpha value is -0.910. The molecule has 4 nitrogen and oxygen atoms in total. The molecule has 5 rings (SSSR count). The van der Waals surface area contributed by atoms with Crippen molar-refractivity contribution in [1.82, 2.24) is 0 Å². The van der Waals surface area contributed by atoms with Crippen LogP contribution in [0, 0.1) is 29.6 Å². The molecule has 1 aromatic rings. The molecule has 0 radical (unpaired) electrons. The SMILES string of the molecule is CS(=O)(=O)CC(=O)c1ccc(C(O)C2C3CC4CC(C3)CC2C4)c(Cl)c1. The highest BCUT2D eigenvalue weighted by Gasteiger charge is 2.50. The molecule has 1 atom stereocenters. The van der Waals surface area contributed by atoms with E-state index in [0.717, 1.165) is 18.1 Å². The van der Waals surface area contributed by atoms with Gasteiger partial charge in [-0.1, -0.05) is 23.7 Å². The molecule has 4 fully saturated rings. The Kier molecular flexibility index (Phi) is 4.69. The zero-order chi connectivity index (χ0) is 18.6. The number of sulfone groups is 1. The summed E-state index contributed by atoms with van der Waals surface area (Å²) >= 11 is 6.39. The number of ketones is 1. The summed E-state index contributed by atoms with van der Waals surface area (Å²) in [6.45, 7) is 0. The first kappa shape index (κ1) is 18.5. The first-order valence-electron chi connectivity index (χ1n) is 9.39. The van der Waals surface area contributed by atoms with Gasteiger partial charge in [0, 0.05) is 16.8 Å². The lowest BCUT2D eigenvalue weighted by Gasteiger charge is -2.55. The van der Waals surface area contributed by atoms with E-state index in [1.807, 2.05) is 0 Å². The van der Waals surface area contributed by atoms with Crippen LogP contribution >= 0.6 is 11.6 Å². The molecule has 4 aliphatic carbocycles. The largest absolute Gasteiger partial charge is 0.388 e. The second-order valence-corrected chi connectivity index (χ2v) is 11.2. The highest BCUT2D eigenvalue weighted by atomic mass is 35.5. The lowest BCUT2D eigenvalue weighted by Crippen LogP contribution is -2.47. The fraction of sp³-hybridized carbons (Fsp3) is 0.650. The van der Waals surface area contributed by atoms with Crippen LogP contribution in [-0.4, -0.2) is 31.3 Å². The van der Waals surface area contributed by atoms with Crippen LogP contribution < -0.4 is 0 Å². The number of Topliss-reactive ketones (excluding diaryl/α,β-unsaturated/α-hetero) is 1. The van der Waals surface area contributed by atoms with Crippen molar-refractivity contribution in [3.05, 3.63) is 34.3 Å². The first-order chi connectivity index (χ1) is 12.2. The maximum absolute atomic E-state index is 12.1. The van der Waals surface area contributed by atoms with E-state index >= 15 is 0 Å². The van der Waals surface area contributed by atoms with E-state index in [-0.39, 0.29) is 11.5 Å². The molecule has 0 aliphatic heterocycles. The summed E-state index contributed by atoms with van der Waals surface area (Å²) < 4.78 is 22.7. The third-order valence-electron chi connectivity index (χ3n) is 6.70. The summed E-state index contributed by atoms with van der Waals surface area (Å²) in [5.41, 5.74) is 0.946. The van der Waals surface area contributed by atoms with Gasteiger partial charge >= 0.3 is 0 Å². The summed E-state index contributed by atoms with van der Waals surface area (Å²) in [5.74, 6) is 2.08. The van der Waals surface area contributed by atoms with Crippen molar-refractivity contribution in [2.75, 3.05) is 12.0 Å². The molecule has 0 amide bonds. The molecule has 0 saturated heterocycles. The van der Waals surface area contributed by atoms with Crippen molar-refractivity contribution < 1.29 is 18.3 Å². The minimum absolute atomic E-state index is 0.248. The maximum atomic E-state index is 12.1. The molecule has 6 heteroatoms. The van der Waals surface area contributed by atoms with Crippen molar-refractivity contribution in [2.45, 2.75) is 38.2 Å². The minimum Gasteiger partial charge on any atom is -0.388 e. The third-order valence-corrected chi connectivity index (χ3v) is 7.81. The summed E-state index contributed by atoms with van der Waals surface area (Å²) in [4.78, 5) is 12.1. The molecular formula is C20H25ClO4S. The summed E-state index contributed by atoms with van der Waals surface area (Å²) in [6.07, 6.45) is 6.67. The molecule has 1 aromatic carbocycles. The Labute approximate surface area is 159 Å². The average molecular weight is 397 g/mol. The zero-order valence-electron chi connectivity index (χ0n) is 14.9. The third kappa shape index (κ3) is 3.46. The van der Waals surface area contributed by atoms with E-state index in [0.29, 0.717) is 22.4 Å². The molecule has 4 bridgehead atoms. The van der Waals surface area contributed by atoms with E-state index in [4.69, 9.17) is 11.6 Å². The molecule has 4 saturated carbocycles. The second-order valence-electron chi connectivity index (χ2n) is 8.68. The lowest BCUT2D eigenvalue weighted by molar-refractivity contribution is -0.0907. The van der Waals surface area contributed by atoms with Gasteiger partial charge in [-0.2, -0.15) is 0 Å². The topological polar surface area (TPSA) is 71.4 Å². The van der Waals surface area contributed by atoms with Crippen molar-refractivity contribution in [3.63, 3.8) is 0 Å². The standard InChI is InChI=1S/C20H25ClO4S/c1-26(24,25)10-18(22)13-2-3-16(17(21)9-13)20(23)19-14-5-11-4-12(7-14)8-15(19)6-11/h2-3,9,11-12,14-15,19-20,23H,4-8,10H2,1H3. The van der Waals surface area contributed by atoms with Gasteiger partial charge in [0.25, 0.3) is 0 Å². The Morgan fingerprint density at radius 1 is 1.15 bits per heavy atom. The van der Waals surface area contributed by atoms with Crippen molar-refractivity contribution in [1.29, 1.82) is 0 Å². The van der Waals surface area contributed by atoms with E-state index in [1.165, 1.54) is 38.2 Å². The Bertz CT molecular complexity index is 804. The van der Waals surface area contributed by atoms with Gasteiger partial charge in [-0.05, 0) is 73.3 Å². The molecule has 26 heavy (non-hydrogen) atoms. The summed E-state index contributed by atoms with van der Waals surface area (Å²) in [5, 5.41) is 11.4. The quantitative estimate of drug-likeness (QED) is 0.770. The van der Waals surface area contributed by atoms with Crippen LogP contribution in [0.5, 0.6) is 0 Å². The Morgan fingerprint density at radius 3 is 2.23 bits per heavy atom. The van der Waals surface area contributed by atoms with Gasteiger partial charge in [0.2, 0.25) is 0 Å². The van der Waals surface area contributed by atoms with E-state index < -0.39 is 27.5 Å².